The molecule has 8 heteroatoms. The predicted molar refractivity (Wildman–Crippen MR) is 85.8 cm³/mol. The van der Waals surface area contributed by atoms with E-state index in [1.54, 1.807) is 23.1 Å². The van der Waals surface area contributed by atoms with E-state index in [2.05, 4.69) is 5.32 Å². The van der Waals surface area contributed by atoms with Crippen LogP contribution in [0.1, 0.15) is 6.42 Å². The topological polar surface area (TPSA) is 69.7 Å². The van der Waals surface area contributed by atoms with E-state index in [0.29, 0.717) is 38.3 Å². The van der Waals surface area contributed by atoms with Crippen molar-refractivity contribution in [2.24, 2.45) is 0 Å². The minimum atomic E-state index is -3.00. The van der Waals surface area contributed by atoms with Crippen LogP contribution in [0, 0.1) is 5.82 Å². The number of sulfone groups is 1. The maximum absolute atomic E-state index is 13.8. The van der Waals surface area contributed by atoms with Crippen molar-refractivity contribution < 1.29 is 17.6 Å². The lowest BCUT2D eigenvalue weighted by Crippen LogP contribution is -2.53. The third-order valence-electron chi connectivity index (χ3n) is 4.32. The van der Waals surface area contributed by atoms with Gasteiger partial charge in [-0.25, -0.2) is 17.6 Å². The minimum absolute atomic E-state index is 0.0218. The number of nitrogens with zero attached hydrogens (tertiary/aromatic N) is 2. The minimum Gasteiger partial charge on any atom is -0.366 e. The first kappa shape index (κ1) is 16.0. The SMILES string of the molecule is O=C(N[C@@H]1CCS(=O)(=O)C1)N1CCN(c2ccccc2F)CC1. The third kappa shape index (κ3) is 3.74. The number of amides is 2. The first-order valence-corrected chi connectivity index (χ1v) is 9.52. The Labute approximate surface area is 135 Å². The Morgan fingerprint density at radius 3 is 2.48 bits per heavy atom. The standard InChI is InChI=1S/C15H20FN3O3S/c16-13-3-1-2-4-14(13)18-6-8-19(9-7-18)15(20)17-12-5-10-23(21,22)11-12/h1-4,12H,5-11H2,(H,17,20)/t12-/m1/s1. The number of carbonyl (C=O) groups is 1. The summed E-state index contributed by atoms with van der Waals surface area (Å²) in [5.74, 6) is -0.103. The van der Waals surface area contributed by atoms with Crippen molar-refractivity contribution in [3.8, 4) is 0 Å². The van der Waals surface area contributed by atoms with Gasteiger partial charge in [0.15, 0.2) is 9.84 Å². The van der Waals surface area contributed by atoms with Crippen LogP contribution < -0.4 is 10.2 Å². The van der Waals surface area contributed by atoms with Crippen molar-refractivity contribution in [2.75, 3.05) is 42.6 Å². The van der Waals surface area contributed by atoms with Crippen molar-refractivity contribution >= 4 is 21.6 Å². The Kier molecular flexibility index (Phi) is 4.43. The van der Waals surface area contributed by atoms with Gasteiger partial charge in [0.05, 0.1) is 17.2 Å². The van der Waals surface area contributed by atoms with Gasteiger partial charge in [0.1, 0.15) is 5.82 Å². The lowest BCUT2D eigenvalue weighted by molar-refractivity contribution is 0.191. The molecule has 2 fully saturated rings. The maximum atomic E-state index is 13.8. The summed E-state index contributed by atoms with van der Waals surface area (Å²) in [6.45, 7) is 2.08. The van der Waals surface area contributed by atoms with Crippen molar-refractivity contribution in [3.63, 3.8) is 0 Å². The summed E-state index contributed by atoms with van der Waals surface area (Å²) in [7, 11) is -3.00. The smallest absolute Gasteiger partial charge is 0.317 e. The molecular formula is C15H20FN3O3S. The number of hydrogen-bond acceptors (Lipinski definition) is 4. The molecule has 0 unspecified atom stereocenters. The van der Waals surface area contributed by atoms with E-state index in [9.17, 15) is 17.6 Å². The number of hydrogen-bond donors (Lipinski definition) is 1. The Balaban J connectivity index is 1.53. The average Bonchev–Trinajstić information content (AvgIpc) is 2.87. The van der Waals surface area contributed by atoms with Crippen LogP contribution in [0.5, 0.6) is 0 Å². The van der Waals surface area contributed by atoms with E-state index in [1.165, 1.54) is 6.07 Å². The maximum Gasteiger partial charge on any atom is 0.317 e. The fourth-order valence-corrected chi connectivity index (χ4v) is 4.71. The third-order valence-corrected chi connectivity index (χ3v) is 6.09. The molecule has 1 aromatic carbocycles. The van der Waals surface area contributed by atoms with Gasteiger partial charge in [0.2, 0.25) is 0 Å². The second-order valence-electron chi connectivity index (χ2n) is 5.97. The number of nitrogens with one attached hydrogen (secondary N) is 1. The normalized spacial score (nSPS) is 23.8. The van der Waals surface area contributed by atoms with Crippen molar-refractivity contribution in [1.82, 2.24) is 10.2 Å². The number of urea groups is 1. The Bertz CT molecular complexity index is 687. The summed E-state index contributed by atoms with van der Waals surface area (Å²) >= 11 is 0. The van der Waals surface area contributed by atoms with Crippen LogP contribution in [0.25, 0.3) is 0 Å². The number of rotatable bonds is 2. The van der Waals surface area contributed by atoms with E-state index in [4.69, 9.17) is 0 Å². The second-order valence-corrected chi connectivity index (χ2v) is 8.20. The molecule has 1 aromatic rings. The van der Waals surface area contributed by atoms with E-state index >= 15 is 0 Å². The van der Waals surface area contributed by atoms with E-state index in [0.717, 1.165) is 0 Å². The summed E-state index contributed by atoms with van der Waals surface area (Å²) in [4.78, 5) is 15.8. The van der Waals surface area contributed by atoms with Gasteiger partial charge in [-0.1, -0.05) is 12.1 Å². The summed E-state index contributed by atoms with van der Waals surface area (Å²) in [5, 5.41) is 2.79. The summed E-state index contributed by atoms with van der Waals surface area (Å²) in [6, 6.07) is 6.07. The van der Waals surface area contributed by atoms with Gasteiger partial charge in [-0.2, -0.15) is 0 Å². The monoisotopic (exact) mass is 341 g/mol. The van der Waals surface area contributed by atoms with Crippen LogP contribution in [0.4, 0.5) is 14.9 Å². The molecule has 0 radical (unpaired) electrons. The van der Waals surface area contributed by atoms with Gasteiger partial charge in [-0.3, -0.25) is 0 Å². The predicted octanol–water partition coefficient (Wildman–Crippen LogP) is 0.844. The Morgan fingerprint density at radius 1 is 1.17 bits per heavy atom. The molecule has 0 saturated carbocycles. The number of benzene rings is 1. The molecule has 0 bridgehead atoms. The highest BCUT2D eigenvalue weighted by atomic mass is 32.2. The van der Waals surface area contributed by atoms with Crippen LogP contribution in [0.3, 0.4) is 0 Å². The lowest BCUT2D eigenvalue weighted by Gasteiger charge is -2.36. The van der Waals surface area contributed by atoms with Gasteiger partial charge in [-0.05, 0) is 18.6 Å². The van der Waals surface area contributed by atoms with Gasteiger partial charge >= 0.3 is 6.03 Å². The van der Waals surface area contributed by atoms with Crippen LogP contribution in [-0.4, -0.2) is 63.1 Å². The highest BCUT2D eigenvalue weighted by Gasteiger charge is 2.31. The van der Waals surface area contributed by atoms with Crippen molar-refractivity contribution in [3.05, 3.63) is 30.1 Å². The van der Waals surface area contributed by atoms with Crippen LogP contribution >= 0.6 is 0 Å². The van der Waals surface area contributed by atoms with Gasteiger partial charge in [0.25, 0.3) is 0 Å². The summed E-state index contributed by atoms with van der Waals surface area (Å²) < 4.78 is 36.6. The second kappa shape index (κ2) is 6.35. The fraction of sp³-hybridized carbons (Fsp3) is 0.533. The number of para-hydroxylation sites is 1. The molecule has 0 aliphatic carbocycles. The van der Waals surface area contributed by atoms with Crippen molar-refractivity contribution in [1.29, 1.82) is 0 Å². The van der Waals surface area contributed by atoms with E-state index < -0.39 is 9.84 Å². The zero-order chi connectivity index (χ0) is 16.4. The number of anilines is 1. The molecule has 3 rings (SSSR count). The zero-order valence-corrected chi connectivity index (χ0v) is 13.6. The molecule has 0 aromatic heterocycles. The Hall–Kier alpha value is -1.83. The van der Waals surface area contributed by atoms with Crippen molar-refractivity contribution in [2.45, 2.75) is 12.5 Å². The Morgan fingerprint density at radius 2 is 1.87 bits per heavy atom. The first-order chi connectivity index (χ1) is 10.9. The number of piperazine rings is 1. The van der Waals surface area contributed by atoms with Gasteiger partial charge < -0.3 is 15.1 Å². The molecular weight excluding hydrogens is 321 g/mol. The number of carbonyl (C=O) groups excluding carboxylic acids is 1. The highest BCUT2D eigenvalue weighted by molar-refractivity contribution is 7.91. The van der Waals surface area contributed by atoms with E-state index in [-0.39, 0.29) is 29.4 Å². The average molecular weight is 341 g/mol. The van der Waals surface area contributed by atoms with Crippen LogP contribution in [0.2, 0.25) is 0 Å². The molecule has 23 heavy (non-hydrogen) atoms. The molecule has 1 N–H and O–H groups in total. The molecule has 2 saturated heterocycles. The molecule has 2 amide bonds. The summed E-state index contributed by atoms with van der Waals surface area (Å²) in [6.07, 6.45) is 0.475. The number of halogens is 1. The van der Waals surface area contributed by atoms with Crippen LogP contribution in [0.15, 0.2) is 24.3 Å². The lowest BCUT2D eigenvalue weighted by atomic mass is 10.2. The van der Waals surface area contributed by atoms with Gasteiger partial charge in [-0.15, -0.1) is 0 Å². The molecule has 2 aliphatic heterocycles. The van der Waals surface area contributed by atoms with Gasteiger partial charge in [0, 0.05) is 32.2 Å². The molecule has 2 aliphatic rings. The highest BCUT2D eigenvalue weighted by Crippen LogP contribution is 2.20. The molecule has 2 heterocycles. The first-order valence-electron chi connectivity index (χ1n) is 7.70. The molecule has 126 valence electrons. The molecule has 0 spiro atoms. The zero-order valence-electron chi connectivity index (χ0n) is 12.7. The summed E-state index contributed by atoms with van der Waals surface area (Å²) in [5.41, 5.74) is 0.550. The van der Waals surface area contributed by atoms with E-state index in [1.807, 2.05) is 4.90 Å². The quantitative estimate of drug-likeness (QED) is 0.866. The van der Waals surface area contributed by atoms with Crippen LogP contribution in [-0.2, 0) is 9.84 Å². The molecule has 1 atom stereocenters. The molecule has 6 nitrogen and oxygen atoms in total. The largest absolute Gasteiger partial charge is 0.366 e. The fourth-order valence-electron chi connectivity index (χ4n) is 3.03.